The molecule has 3 heteroatoms. The summed E-state index contributed by atoms with van der Waals surface area (Å²) < 4.78 is 18.6. The van der Waals surface area contributed by atoms with Gasteiger partial charge in [-0.1, -0.05) is 6.07 Å². The Morgan fingerprint density at radius 2 is 2.00 bits per heavy atom. The van der Waals surface area contributed by atoms with Crippen LogP contribution in [0.2, 0.25) is 0 Å². The Labute approximate surface area is 120 Å². The van der Waals surface area contributed by atoms with Gasteiger partial charge in [0.1, 0.15) is 11.6 Å². The maximum Gasteiger partial charge on any atom is 0.126 e. The Bertz CT molecular complexity index is 448. The summed E-state index contributed by atoms with van der Waals surface area (Å²) in [4.78, 5) is 2.61. The molecule has 1 aliphatic carbocycles. The van der Waals surface area contributed by atoms with Crippen LogP contribution in [-0.4, -0.2) is 31.1 Å². The summed E-state index contributed by atoms with van der Waals surface area (Å²) in [6.07, 6.45) is 8.49. The van der Waals surface area contributed by atoms with Crippen LogP contribution in [0.5, 0.6) is 5.75 Å². The molecule has 2 fully saturated rings. The zero-order valence-electron chi connectivity index (χ0n) is 12.1. The third kappa shape index (κ3) is 2.83. The van der Waals surface area contributed by atoms with E-state index in [4.69, 9.17) is 4.74 Å². The van der Waals surface area contributed by atoms with Crippen LogP contribution in [0.1, 0.15) is 43.6 Å². The summed E-state index contributed by atoms with van der Waals surface area (Å²) >= 11 is 0. The summed E-state index contributed by atoms with van der Waals surface area (Å²) in [5.41, 5.74) is 1.18. The van der Waals surface area contributed by atoms with Gasteiger partial charge in [-0.15, -0.1) is 0 Å². The number of likely N-dealkylation sites (tertiary alicyclic amines) is 1. The molecule has 20 heavy (non-hydrogen) atoms. The Balaban J connectivity index is 1.65. The Hall–Kier alpha value is -1.09. The van der Waals surface area contributed by atoms with Crippen molar-refractivity contribution in [3.8, 4) is 5.75 Å². The molecule has 2 nitrogen and oxygen atoms in total. The lowest BCUT2D eigenvalue weighted by Gasteiger charge is -2.35. The lowest BCUT2D eigenvalue weighted by molar-refractivity contribution is 0.184. The number of hydrogen-bond donors (Lipinski definition) is 0. The third-order valence-corrected chi connectivity index (χ3v) is 4.83. The van der Waals surface area contributed by atoms with E-state index in [0.29, 0.717) is 11.7 Å². The molecule has 1 saturated heterocycles. The predicted octanol–water partition coefficient (Wildman–Crippen LogP) is 3.77. The summed E-state index contributed by atoms with van der Waals surface area (Å²) in [5.74, 6) is 1.02. The largest absolute Gasteiger partial charge is 0.496 e. The number of methoxy groups -OCH3 is 1. The zero-order valence-corrected chi connectivity index (χ0v) is 12.1. The summed E-state index contributed by atoms with van der Waals surface area (Å²) in [6, 6.07) is 5.72. The molecule has 0 N–H and O–H groups in total. The SMILES string of the molecule is COc1cc(F)ccc1C1CCC(N2C[CH]CC2)CC1. The number of hydrogen-bond acceptors (Lipinski definition) is 2. The Morgan fingerprint density at radius 1 is 1.20 bits per heavy atom. The second-order valence-corrected chi connectivity index (χ2v) is 5.96. The fourth-order valence-electron chi connectivity index (χ4n) is 3.71. The van der Waals surface area contributed by atoms with Crippen LogP contribution in [-0.2, 0) is 0 Å². The average molecular weight is 276 g/mol. The highest BCUT2D eigenvalue weighted by molar-refractivity contribution is 5.37. The van der Waals surface area contributed by atoms with Crippen molar-refractivity contribution in [2.24, 2.45) is 0 Å². The standard InChI is InChI=1S/C17H23FNO/c1-20-17-12-14(18)6-9-16(17)13-4-7-15(8-5-13)19-10-2-3-11-19/h2,6,9,12-13,15H,3-5,7-8,10-11H2,1H3. The van der Waals surface area contributed by atoms with Gasteiger partial charge in [-0.25, -0.2) is 4.39 Å². The van der Waals surface area contributed by atoms with Crippen molar-refractivity contribution in [3.63, 3.8) is 0 Å². The van der Waals surface area contributed by atoms with E-state index in [1.54, 1.807) is 13.2 Å². The first-order chi connectivity index (χ1) is 9.78. The molecule has 1 aromatic rings. The van der Waals surface area contributed by atoms with Crippen LogP contribution >= 0.6 is 0 Å². The van der Waals surface area contributed by atoms with Crippen LogP contribution in [0.25, 0.3) is 0 Å². The third-order valence-electron chi connectivity index (χ3n) is 4.83. The van der Waals surface area contributed by atoms with E-state index in [0.717, 1.165) is 12.6 Å². The molecule has 1 aromatic carbocycles. The minimum absolute atomic E-state index is 0.216. The summed E-state index contributed by atoms with van der Waals surface area (Å²) in [7, 11) is 1.63. The average Bonchev–Trinajstić information content (AvgIpc) is 3.01. The molecule has 3 rings (SSSR count). The van der Waals surface area contributed by atoms with Gasteiger partial charge in [0.2, 0.25) is 0 Å². The lowest BCUT2D eigenvalue weighted by atomic mass is 9.81. The Morgan fingerprint density at radius 3 is 2.65 bits per heavy atom. The van der Waals surface area contributed by atoms with E-state index in [1.807, 2.05) is 6.07 Å². The monoisotopic (exact) mass is 276 g/mol. The van der Waals surface area contributed by atoms with Crippen LogP contribution in [0.3, 0.4) is 0 Å². The molecule has 109 valence electrons. The quantitative estimate of drug-likeness (QED) is 0.833. The van der Waals surface area contributed by atoms with Crippen molar-refractivity contribution in [2.75, 3.05) is 20.2 Å². The predicted molar refractivity (Wildman–Crippen MR) is 78.4 cm³/mol. The molecular weight excluding hydrogens is 253 g/mol. The molecule has 0 aromatic heterocycles. The first-order valence-electron chi connectivity index (χ1n) is 7.67. The van der Waals surface area contributed by atoms with E-state index in [2.05, 4.69) is 11.3 Å². The van der Waals surface area contributed by atoms with E-state index in [-0.39, 0.29) is 5.82 Å². The summed E-state index contributed by atoms with van der Waals surface area (Å²) in [6.45, 7) is 2.39. The van der Waals surface area contributed by atoms with Gasteiger partial charge in [0.25, 0.3) is 0 Å². The minimum Gasteiger partial charge on any atom is -0.496 e. The first-order valence-corrected chi connectivity index (χ1v) is 7.67. The van der Waals surface area contributed by atoms with Crippen molar-refractivity contribution >= 4 is 0 Å². The molecule has 0 unspecified atom stereocenters. The second kappa shape index (κ2) is 6.13. The zero-order chi connectivity index (χ0) is 13.9. The van der Waals surface area contributed by atoms with E-state index < -0.39 is 0 Å². The second-order valence-electron chi connectivity index (χ2n) is 5.96. The molecule has 0 atom stereocenters. The van der Waals surface area contributed by atoms with E-state index in [1.165, 1.54) is 50.3 Å². The smallest absolute Gasteiger partial charge is 0.126 e. The highest BCUT2D eigenvalue weighted by Gasteiger charge is 2.29. The fourth-order valence-corrected chi connectivity index (χ4v) is 3.71. The number of ether oxygens (including phenoxy) is 1. The molecule has 0 spiro atoms. The fraction of sp³-hybridized carbons (Fsp3) is 0.588. The highest BCUT2D eigenvalue weighted by Crippen LogP contribution is 2.39. The minimum atomic E-state index is -0.216. The van der Waals surface area contributed by atoms with Crippen LogP contribution in [0.15, 0.2) is 18.2 Å². The molecule has 1 aliphatic heterocycles. The van der Waals surface area contributed by atoms with Crippen molar-refractivity contribution < 1.29 is 9.13 Å². The van der Waals surface area contributed by atoms with Gasteiger partial charge in [0, 0.05) is 18.7 Å². The first kappa shape index (κ1) is 13.9. The van der Waals surface area contributed by atoms with Gasteiger partial charge in [-0.3, -0.25) is 0 Å². The van der Waals surface area contributed by atoms with Gasteiger partial charge < -0.3 is 9.64 Å². The maximum atomic E-state index is 13.3. The number of rotatable bonds is 3. The molecule has 1 saturated carbocycles. The van der Waals surface area contributed by atoms with E-state index >= 15 is 0 Å². The van der Waals surface area contributed by atoms with Gasteiger partial charge in [-0.2, -0.15) is 0 Å². The highest BCUT2D eigenvalue weighted by atomic mass is 19.1. The van der Waals surface area contributed by atoms with Crippen LogP contribution < -0.4 is 4.74 Å². The van der Waals surface area contributed by atoms with Crippen LogP contribution in [0, 0.1) is 12.2 Å². The normalized spacial score (nSPS) is 27.7. The molecule has 2 aliphatic rings. The molecule has 1 heterocycles. The van der Waals surface area contributed by atoms with Crippen molar-refractivity contribution in [1.29, 1.82) is 0 Å². The Kier molecular flexibility index (Phi) is 4.25. The lowest BCUT2D eigenvalue weighted by Crippen LogP contribution is -2.35. The molecule has 1 radical (unpaired) electrons. The molecule has 0 amide bonds. The molecule has 0 bridgehead atoms. The number of benzene rings is 1. The van der Waals surface area contributed by atoms with Crippen molar-refractivity contribution in [3.05, 3.63) is 36.0 Å². The van der Waals surface area contributed by atoms with Crippen molar-refractivity contribution in [1.82, 2.24) is 4.90 Å². The van der Waals surface area contributed by atoms with Gasteiger partial charge in [-0.05, 0) is 62.6 Å². The summed E-state index contributed by atoms with van der Waals surface area (Å²) in [5, 5.41) is 0. The van der Waals surface area contributed by atoms with Crippen molar-refractivity contribution in [2.45, 2.75) is 44.1 Å². The topological polar surface area (TPSA) is 12.5 Å². The van der Waals surface area contributed by atoms with Gasteiger partial charge >= 0.3 is 0 Å². The number of halogens is 1. The number of nitrogens with zero attached hydrogens (tertiary/aromatic N) is 1. The van der Waals surface area contributed by atoms with E-state index in [9.17, 15) is 4.39 Å². The van der Waals surface area contributed by atoms with Gasteiger partial charge in [0.15, 0.2) is 0 Å². The molecular formula is C17H23FNO. The van der Waals surface area contributed by atoms with Gasteiger partial charge in [0.05, 0.1) is 7.11 Å². The van der Waals surface area contributed by atoms with Crippen LogP contribution in [0.4, 0.5) is 4.39 Å². The maximum absolute atomic E-state index is 13.3.